The van der Waals surface area contributed by atoms with E-state index in [0.29, 0.717) is 0 Å². The fraction of sp³-hybridized carbons (Fsp3) is 0. The summed E-state index contributed by atoms with van der Waals surface area (Å²) in [6.45, 7) is 0. The lowest BCUT2D eigenvalue weighted by atomic mass is 10.7. The normalized spacial score (nSPS) is 9.43. The van der Waals surface area contributed by atoms with Gasteiger partial charge >= 0.3 is 0 Å². The predicted molar refractivity (Wildman–Crippen MR) is 79.4 cm³/mol. The van der Waals surface area contributed by atoms with E-state index < -0.39 is 0 Å². The molecule has 2 rings (SSSR count). The zero-order valence-electron chi connectivity index (χ0n) is 6.64. The van der Waals surface area contributed by atoms with Crippen LogP contribution in [0.25, 0.3) is 0 Å². The van der Waals surface area contributed by atoms with Gasteiger partial charge in [-0.1, -0.05) is 0 Å². The quantitative estimate of drug-likeness (QED) is 0.399. The van der Waals surface area contributed by atoms with Gasteiger partial charge in [-0.25, -0.2) is 0 Å². The zero-order valence-corrected chi connectivity index (χ0v) is 14.6. The van der Waals surface area contributed by atoms with Crippen molar-refractivity contribution < 1.29 is 0 Å². The largest absolute Gasteiger partial charge is 0.150 e. The van der Waals surface area contributed by atoms with Gasteiger partial charge in [0.25, 0.3) is 0 Å². The van der Waals surface area contributed by atoms with Crippen molar-refractivity contribution in [2.24, 2.45) is 0 Å². The van der Waals surface area contributed by atoms with Gasteiger partial charge in [0.1, 0.15) is 0 Å². The van der Waals surface area contributed by atoms with Crippen molar-refractivity contribution in [3.05, 3.63) is 39.4 Å². The number of thiophene rings is 2. The Bertz CT molecular complexity index is 322. The number of halogens is 4. The summed E-state index contributed by atoms with van der Waals surface area (Å²) < 4.78 is 4.55. The van der Waals surface area contributed by atoms with Crippen LogP contribution in [-0.2, 0) is 0 Å². The molecule has 0 unspecified atom stereocenters. The van der Waals surface area contributed by atoms with Crippen LogP contribution in [0.2, 0.25) is 0 Å². The molecule has 0 radical (unpaired) electrons. The van der Waals surface area contributed by atoms with E-state index in [1.165, 1.54) is 0 Å². The van der Waals surface area contributed by atoms with Crippen LogP contribution in [0.1, 0.15) is 0 Å². The summed E-state index contributed by atoms with van der Waals surface area (Å²) in [6, 6.07) is 0. The molecule has 0 nitrogen and oxygen atoms in total. The minimum atomic E-state index is 1.14. The lowest BCUT2D eigenvalue weighted by molar-refractivity contribution is 1.80. The van der Waals surface area contributed by atoms with Gasteiger partial charge < -0.3 is 0 Å². The van der Waals surface area contributed by atoms with Crippen LogP contribution in [0.15, 0.2) is 39.4 Å². The van der Waals surface area contributed by atoms with Gasteiger partial charge in [-0.2, -0.15) is 22.7 Å². The lowest BCUT2D eigenvalue weighted by Gasteiger charge is -1.74. The smallest absolute Gasteiger partial charge is 0.0424 e. The summed E-state index contributed by atoms with van der Waals surface area (Å²) in [6.07, 6.45) is 0. The molecule has 0 aliphatic rings. The van der Waals surface area contributed by atoms with Gasteiger partial charge in [0, 0.05) is 39.4 Å². The summed E-state index contributed by atoms with van der Waals surface area (Å²) >= 11 is 16.7. The van der Waals surface area contributed by atoms with Crippen molar-refractivity contribution in [3.8, 4) is 0 Å². The highest BCUT2D eigenvalue weighted by atomic mass is 79.9. The minimum absolute atomic E-state index is 1.14. The molecular formula is C8H4Br4S2. The molecular weight excluding hydrogens is 480 g/mol. The van der Waals surface area contributed by atoms with Crippen molar-refractivity contribution in [3.63, 3.8) is 0 Å². The summed E-state index contributed by atoms with van der Waals surface area (Å²) in [5, 5.41) is 8.13. The maximum atomic E-state index is 3.33. The molecule has 0 aliphatic carbocycles. The van der Waals surface area contributed by atoms with Gasteiger partial charge in [-0.15, -0.1) is 0 Å². The fourth-order valence-corrected chi connectivity index (χ4v) is 4.01. The minimum Gasteiger partial charge on any atom is -0.150 e. The van der Waals surface area contributed by atoms with Crippen LogP contribution in [0.5, 0.6) is 0 Å². The van der Waals surface area contributed by atoms with Crippen molar-refractivity contribution >= 4 is 86.4 Å². The summed E-state index contributed by atoms with van der Waals surface area (Å²) in [5.74, 6) is 0. The Labute approximate surface area is 124 Å². The zero-order chi connectivity index (χ0) is 10.6. The van der Waals surface area contributed by atoms with Crippen LogP contribution in [0.4, 0.5) is 0 Å². The molecule has 0 saturated carbocycles. The highest BCUT2D eigenvalue weighted by Gasteiger charge is 1.91. The second-order valence-corrected chi connectivity index (χ2v) is 7.04. The van der Waals surface area contributed by atoms with E-state index in [0.717, 1.165) is 17.9 Å². The second-order valence-electron chi connectivity index (χ2n) is 2.14. The molecule has 2 aromatic heterocycles. The molecule has 0 bridgehead atoms. The number of hydrogen-bond donors (Lipinski definition) is 0. The molecule has 0 aromatic carbocycles. The standard InChI is InChI=1S/2C4H2Br2S/c2*5-3-1-7-2-4(3)6/h2*1-2H. The highest BCUT2D eigenvalue weighted by Crippen LogP contribution is 2.26. The molecule has 0 saturated heterocycles. The average Bonchev–Trinajstić information content (AvgIpc) is 2.67. The summed E-state index contributed by atoms with van der Waals surface area (Å²) in [5.41, 5.74) is 0. The SMILES string of the molecule is Brc1cscc1Br.Brc1cscc1Br. The van der Waals surface area contributed by atoms with Crippen LogP contribution in [-0.4, -0.2) is 0 Å². The van der Waals surface area contributed by atoms with Gasteiger partial charge in [0.05, 0.1) is 0 Å². The van der Waals surface area contributed by atoms with Crippen LogP contribution in [0.3, 0.4) is 0 Å². The molecule has 6 heteroatoms. The Morgan fingerprint density at radius 2 is 0.786 bits per heavy atom. The van der Waals surface area contributed by atoms with Crippen molar-refractivity contribution in [1.29, 1.82) is 0 Å². The molecule has 14 heavy (non-hydrogen) atoms. The molecule has 0 N–H and O–H groups in total. The van der Waals surface area contributed by atoms with Crippen molar-refractivity contribution in [1.82, 2.24) is 0 Å². The Morgan fingerprint density at radius 3 is 0.857 bits per heavy atom. The van der Waals surface area contributed by atoms with Gasteiger partial charge in [-0.05, 0) is 63.7 Å². The third-order valence-electron chi connectivity index (χ3n) is 1.14. The summed E-state index contributed by atoms with van der Waals surface area (Å²) in [4.78, 5) is 0. The van der Waals surface area contributed by atoms with Crippen molar-refractivity contribution in [2.45, 2.75) is 0 Å². The first-order chi connectivity index (χ1) is 6.61. The number of hydrogen-bond acceptors (Lipinski definition) is 2. The third kappa shape index (κ3) is 4.45. The lowest BCUT2D eigenvalue weighted by Crippen LogP contribution is -1.46. The fourth-order valence-electron chi connectivity index (χ4n) is 0.532. The van der Waals surface area contributed by atoms with E-state index in [1.54, 1.807) is 22.7 Å². The van der Waals surface area contributed by atoms with E-state index in [1.807, 2.05) is 21.5 Å². The first-order valence-corrected chi connectivity index (χ1v) is 8.41. The summed E-state index contributed by atoms with van der Waals surface area (Å²) in [7, 11) is 0. The van der Waals surface area contributed by atoms with E-state index in [-0.39, 0.29) is 0 Å². The molecule has 0 spiro atoms. The highest BCUT2D eigenvalue weighted by molar-refractivity contribution is 9.13. The van der Waals surface area contributed by atoms with E-state index in [9.17, 15) is 0 Å². The Hall–Kier alpha value is 1.32. The molecule has 76 valence electrons. The average molecular weight is 484 g/mol. The first kappa shape index (κ1) is 13.4. The molecule has 2 heterocycles. The molecule has 2 aromatic rings. The maximum Gasteiger partial charge on any atom is 0.0424 e. The molecule has 0 aliphatic heterocycles. The Balaban J connectivity index is 0.000000140. The van der Waals surface area contributed by atoms with Crippen LogP contribution < -0.4 is 0 Å². The molecule has 0 amide bonds. The van der Waals surface area contributed by atoms with E-state index in [2.05, 4.69) is 63.7 Å². The topological polar surface area (TPSA) is 0 Å². The Kier molecular flexibility index (Phi) is 6.51. The van der Waals surface area contributed by atoms with Gasteiger partial charge in [0.15, 0.2) is 0 Å². The monoisotopic (exact) mass is 480 g/mol. The molecule has 0 atom stereocenters. The Morgan fingerprint density at radius 1 is 0.571 bits per heavy atom. The second kappa shape index (κ2) is 6.81. The van der Waals surface area contributed by atoms with E-state index >= 15 is 0 Å². The van der Waals surface area contributed by atoms with E-state index in [4.69, 9.17) is 0 Å². The first-order valence-electron chi connectivity index (χ1n) is 3.35. The van der Waals surface area contributed by atoms with Gasteiger partial charge in [-0.3, -0.25) is 0 Å². The van der Waals surface area contributed by atoms with Gasteiger partial charge in [0.2, 0.25) is 0 Å². The van der Waals surface area contributed by atoms with Crippen molar-refractivity contribution in [2.75, 3.05) is 0 Å². The van der Waals surface area contributed by atoms with Crippen LogP contribution >= 0.6 is 86.4 Å². The third-order valence-corrected chi connectivity index (χ3v) is 7.53. The van der Waals surface area contributed by atoms with Crippen LogP contribution in [0, 0.1) is 0 Å². The number of rotatable bonds is 0. The molecule has 0 fully saturated rings. The maximum absolute atomic E-state index is 3.33. The predicted octanol–water partition coefficient (Wildman–Crippen LogP) is 6.55.